The van der Waals surface area contributed by atoms with Gasteiger partial charge in [-0.25, -0.2) is 18.1 Å². The summed E-state index contributed by atoms with van der Waals surface area (Å²) in [6.07, 6.45) is 1.47. The quantitative estimate of drug-likeness (QED) is 0.879. The molecule has 0 unspecified atom stereocenters. The molecule has 6 nitrogen and oxygen atoms in total. The third kappa shape index (κ3) is 3.87. The smallest absolute Gasteiger partial charge is 0.259 e. The molecule has 0 amide bonds. The van der Waals surface area contributed by atoms with Crippen molar-refractivity contribution in [1.29, 1.82) is 0 Å². The first kappa shape index (κ1) is 15.8. The molecule has 0 aliphatic heterocycles. The molecular weight excluding hydrogens is 266 g/mol. The van der Waals surface area contributed by atoms with Gasteiger partial charge in [-0.3, -0.25) is 4.79 Å². The maximum atomic E-state index is 12.0. The second-order valence-electron chi connectivity index (χ2n) is 5.41. The Bertz CT molecular complexity index is 568. The Labute approximate surface area is 114 Å². The van der Waals surface area contributed by atoms with Gasteiger partial charge in [0.15, 0.2) is 10.8 Å². The van der Waals surface area contributed by atoms with Crippen LogP contribution in [0.5, 0.6) is 0 Å². The predicted molar refractivity (Wildman–Crippen MR) is 72.3 cm³/mol. The Kier molecular flexibility index (Phi) is 4.52. The third-order valence-electron chi connectivity index (χ3n) is 2.83. The summed E-state index contributed by atoms with van der Waals surface area (Å²) < 4.78 is 28.0. The number of carbonyl (C=O) groups excluding carboxylic acids is 1. The number of hydrogen-bond donors (Lipinski definition) is 1. The number of aryl methyl sites for hydroxylation is 2. The molecule has 7 heteroatoms. The van der Waals surface area contributed by atoms with Crippen LogP contribution >= 0.6 is 0 Å². The first-order valence-electron chi connectivity index (χ1n) is 6.14. The van der Waals surface area contributed by atoms with Crippen molar-refractivity contribution in [2.24, 2.45) is 5.41 Å². The lowest BCUT2D eigenvalue weighted by molar-refractivity contribution is -0.125. The molecule has 1 rings (SSSR count). The molecule has 0 saturated carbocycles. The molecule has 0 atom stereocenters. The van der Waals surface area contributed by atoms with Crippen molar-refractivity contribution < 1.29 is 13.2 Å². The van der Waals surface area contributed by atoms with E-state index in [1.54, 1.807) is 32.3 Å². The number of Topliss-reactive ketones (excluding diaryl/α,β-unsaturated/α-hetero) is 1. The average Bonchev–Trinajstić information content (AvgIpc) is 2.67. The Morgan fingerprint density at radius 1 is 1.42 bits per heavy atom. The summed E-state index contributed by atoms with van der Waals surface area (Å²) in [6, 6.07) is 0. The van der Waals surface area contributed by atoms with E-state index in [4.69, 9.17) is 0 Å². The molecule has 19 heavy (non-hydrogen) atoms. The van der Waals surface area contributed by atoms with Crippen molar-refractivity contribution in [3.63, 3.8) is 0 Å². The zero-order valence-electron chi connectivity index (χ0n) is 12.0. The van der Waals surface area contributed by atoms with Crippen LogP contribution in [0.25, 0.3) is 0 Å². The number of aromatic nitrogens is 2. The van der Waals surface area contributed by atoms with Crippen LogP contribution in [0.1, 0.15) is 33.5 Å². The highest BCUT2D eigenvalue weighted by molar-refractivity contribution is 7.89. The van der Waals surface area contributed by atoms with Crippen molar-refractivity contribution in [2.75, 3.05) is 6.54 Å². The number of imidazole rings is 1. The number of rotatable bonds is 5. The van der Waals surface area contributed by atoms with Crippen LogP contribution in [0.4, 0.5) is 0 Å². The van der Waals surface area contributed by atoms with Crippen molar-refractivity contribution >= 4 is 15.8 Å². The summed E-state index contributed by atoms with van der Waals surface area (Å²) in [7, 11) is -3.73. The summed E-state index contributed by atoms with van der Waals surface area (Å²) in [4.78, 5) is 15.7. The zero-order chi connectivity index (χ0) is 14.8. The fraction of sp³-hybridized carbons (Fsp3) is 0.667. The van der Waals surface area contributed by atoms with Gasteiger partial charge in [0.1, 0.15) is 5.82 Å². The lowest BCUT2D eigenvalue weighted by Crippen LogP contribution is -2.35. The highest BCUT2D eigenvalue weighted by Gasteiger charge is 2.25. The Hall–Kier alpha value is -1.21. The van der Waals surface area contributed by atoms with E-state index in [1.807, 2.05) is 6.92 Å². The standard InChI is InChI=1S/C12H21N3O3S/c1-6-15-8-11(14-9(15)2)19(17,18)13-7-10(16)12(3,4)5/h8,13H,6-7H2,1-5H3. The lowest BCUT2D eigenvalue weighted by atomic mass is 9.91. The van der Waals surface area contributed by atoms with Crippen molar-refractivity contribution in [3.8, 4) is 0 Å². The fourth-order valence-corrected chi connectivity index (χ4v) is 2.42. The molecule has 0 aliphatic carbocycles. The van der Waals surface area contributed by atoms with Gasteiger partial charge in [0.25, 0.3) is 10.0 Å². The van der Waals surface area contributed by atoms with Gasteiger partial charge in [-0.1, -0.05) is 20.8 Å². The monoisotopic (exact) mass is 287 g/mol. The summed E-state index contributed by atoms with van der Waals surface area (Å²) >= 11 is 0. The van der Waals surface area contributed by atoms with E-state index in [-0.39, 0.29) is 17.4 Å². The van der Waals surface area contributed by atoms with E-state index >= 15 is 0 Å². The minimum atomic E-state index is -3.73. The Morgan fingerprint density at radius 3 is 2.42 bits per heavy atom. The first-order valence-corrected chi connectivity index (χ1v) is 7.63. The lowest BCUT2D eigenvalue weighted by Gasteiger charge is -2.16. The average molecular weight is 287 g/mol. The third-order valence-corrected chi connectivity index (χ3v) is 4.10. The van der Waals surface area contributed by atoms with E-state index in [0.29, 0.717) is 12.4 Å². The van der Waals surface area contributed by atoms with E-state index in [9.17, 15) is 13.2 Å². The van der Waals surface area contributed by atoms with E-state index < -0.39 is 15.4 Å². The molecule has 1 heterocycles. The Morgan fingerprint density at radius 2 is 2.00 bits per heavy atom. The van der Waals surface area contributed by atoms with Crippen molar-refractivity contribution in [3.05, 3.63) is 12.0 Å². The van der Waals surface area contributed by atoms with Gasteiger partial charge in [0.2, 0.25) is 0 Å². The van der Waals surface area contributed by atoms with Crippen LogP contribution in [0.2, 0.25) is 0 Å². The highest BCUT2D eigenvalue weighted by Crippen LogP contribution is 2.14. The van der Waals surface area contributed by atoms with E-state index in [1.165, 1.54) is 6.20 Å². The van der Waals surface area contributed by atoms with Crippen LogP contribution in [0.15, 0.2) is 11.2 Å². The number of sulfonamides is 1. The molecule has 0 saturated heterocycles. The molecule has 0 bridgehead atoms. The molecule has 1 aromatic heterocycles. The second kappa shape index (κ2) is 5.42. The molecule has 0 aliphatic rings. The normalized spacial score (nSPS) is 12.7. The van der Waals surface area contributed by atoms with Crippen LogP contribution in [-0.2, 0) is 21.4 Å². The first-order chi connectivity index (χ1) is 8.58. The number of nitrogens with zero attached hydrogens (tertiary/aromatic N) is 2. The summed E-state index contributed by atoms with van der Waals surface area (Å²) in [5, 5.41) is -0.0476. The number of ketones is 1. The molecule has 0 spiro atoms. The van der Waals surface area contributed by atoms with Gasteiger partial charge in [0.05, 0.1) is 6.54 Å². The molecule has 1 N–H and O–H groups in total. The van der Waals surface area contributed by atoms with Gasteiger partial charge in [-0.2, -0.15) is 0 Å². The van der Waals surface area contributed by atoms with Gasteiger partial charge in [-0.15, -0.1) is 0 Å². The largest absolute Gasteiger partial charge is 0.334 e. The van der Waals surface area contributed by atoms with Crippen LogP contribution in [0, 0.1) is 12.3 Å². The minimum Gasteiger partial charge on any atom is -0.334 e. The van der Waals surface area contributed by atoms with Crippen LogP contribution < -0.4 is 4.72 Å². The van der Waals surface area contributed by atoms with Gasteiger partial charge in [-0.05, 0) is 13.8 Å². The van der Waals surface area contributed by atoms with Crippen LogP contribution in [-0.4, -0.2) is 30.3 Å². The fourth-order valence-electron chi connectivity index (χ4n) is 1.43. The minimum absolute atomic E-state index is 0.0476. The maximum Gasteiger partial charge on any atom is 0.259 e. The molecule has 108 valence electrons. The zero-order valence-corrected chi connectivity index (χ0v) is 12.8. The molecule has 0 fully saturated rings. The predicted octanol–water partition coefficient (Wildman–Crippen LogP) is 1.10. The highest BCUT2D eigenvalue weighted by atomic mass is 32.2. The molecular formula is C12H21N3O3S. The number of carbonyl (C=O) groups is 1. The SMILES string of the molecule is CCn1cc(S(=O)(=O)NCC(=O)C(C)(C)C)nc1C. The number of hydrogen-bond acceptors (Lipinski definition) is 4. The van der Waals surface area contributed by atoms with E-state index in [2.05, 4.69) is 9.71 Å². The summed E-state index contributed by atoms with van der Waals surface area (Å²) in [5.41, 5.74) is -0.568. The van der Waals surface area contributed by atoms with Crippen molar-refractivity contribution in [2.45, 2.75) is 46.2 Å². The summed E-state index contributed by atoms with van der Waals surface area (Å²) in [5.74, 6) is 0.466. The maximum absolute atomic E-state index is 12.0. The molecule has 0 radical (unpaired) electrons. The van der Waals surface area contributed by atoms with Gasteiger partial charge in [0, 0.05) is 18.2 Å². The van der Waals surface area contributed by atoms with Crippen LogP contribution in [0.3, 0.4) is 0 Å². The van der Waals surface area contributed by atoms with Gasteiger partial charge < -0.3 is 4.57 Å². The summed E-state index contributed by atoms with van der Waals surface area (Å²) in [6.45, 7) is 9.32. The topological polar surface area (TPSA) is 81.1 Å². The second-order valence-corrected chi connectivity index (χ2v) is 7.12. The van der Waals surface area contributed by atoms with E-state index in [0.717, 1.165) is 0 Å². The van der Waals surface area contributed by atoms with Gasteiger partial charge >= 0.3 is 0 Å². The Balaban J connectivity index is 2.85. The van der Waals surface area contributed by atoms with Crippen molar-refractivity contribution in [1.82, 2.24) is 14.3 Å². The molecule has 1 aromatic rings. The molecule has 0 aromatic carbocycles. The number of nitrogens with one attached hydrogen (secondary N) is 1.